The fraction of sp³-hybridized carbons (Fsp3) is 0.708. The molecule has 0 bridgehead atoms. The zero-order valence-corrected chi connectivity index (χ0v) is 18.3. The molecule has 0 spiro atoms. The standard InChI is InChI=1S/C24H37FN2O2/c1-24(2,3)15-23(28)27(18-21-8-6-14-29-21)16-19-10-12-26(13-11-19)17-20-7-4-5-9-22(20)25/h4-5,7,9,19,21H,6,8,10-18H2,1-3H3/t21-/m0/s1. The van der Waals surface area contributed by atoms with Gasteiger partial charge in [-0.1, -0.05) is 39.0 Å². The Morgan fingerprint density at radius 1 is 1.17 bits per heavy atom. The number of hydrogen-bond donors (Lipinski definition) is 0. The van der Waals surface area contributed by atoms with Crippen molar-refractivity contribution in [1.82, 2.24) is 9.80 Å². The van der Waals surface area contributed by atoms with Gasteiger partial charge in [0.2, 0.25) is 5.91 Å². The van der Waals surface area contributed by atoms with Gasteiger partial charge in [0.1, 0.15) is 5.82 Å². The molecule has 5 heteroatoms. The first-order valence-corrected chi connectivity index (χ1v) is 11.2. The summed E-state index contributed by atoms with van der Waals surface area (Å²) in [4.78, 5) is 17.4. The summed E-state index contributed by atoms with van der Waals surface area (Å²) in [6.07, 6.45) is 5.03. The van der Waals surface area contributed by atoms with Crippen LogP contribution in [0.15, 0.2) is 24.3 Å². The lowest BCUT2D eigenvalue weighted by atomic mass is 9.90. The Bertz CT molecular complexity index is 659. The lowest BCUT2D eigenvalue weighted by Gasteiger charge is -2.36. The smallest absolute Gasteiger partial charge is 0.223 e. The fourth-order valence-electron chi connectivity index (χ4n) is 4.38. The van der Waals surface area contributed by atoms with E-state index in [-0.39, 0.29) is 23.2 Å². The van der Waals surface area contributed by atoms with E-state index in [1.54, 1.807) is 6.07 Å². The third kappa shape index (κ3) is 7.07. The van der Waals surface area contributed by atoms with Crippen LogP contribution in [-0.2, 0) is 16.1 Å². The largest absolute Gasteiger partial charge is 0.376 e. The summed E-state index contributed by atoms with van der Waals surface area (Å²) in [5.41, 5.74) is 0.765. The maximum absolute atomic E-state index is 13.9. The Hall–Kier alpha value is -1.46. The van der Waals surface area contributed by atoms with E-state index in [4.69, 9.17) is 4.74 Å². The van der Waals surface area contributed by atoms with Gasteiger partial charge in [-0.25, -0.2) is 4.39 Å². The highest BCUT2D eigenvalue weighted by atomic mass is 19.1. The second-order valence-corrected chi connectivity index (χ2v) is 9.98. The van der Waals surface area contributed by atoms with Crippen molar-refractivity contribution in [3.05, 3.63) is 35.6 Å². The van der Waals surface area contributed by atoms with E-state index in [1.165, 1.54) is 6.07 Å². The number of hydrogen-bond acceptors (Lipinski definition) is 3. The molecule has 1 aromatic rings. The van der Waals surface area contributed by atoms with Gasteiger partial charge in [0, 0.05) is 38.2 Å². The number of ether oxygens (including phenoxy) is 1. The number of amides is 1. The maximum Gasteiger partial charge on any atom is 0.223 e. The molecule has 2 aliphatic heterocycles. The number of carbonyl (C=O) groups is 1. The monoisotopic (exact) mass is 404 g/mol. The van der Waals surface area contributed by atoms with Crippen LogP contribution in [0.5, 0.6) is 0 Å². The molecule has 4 nitrogen and oxygen atoms in total. The second kappa shape index (κ2) is 10.0. The lowest BCUT2D eigenvalue weighted by Crippen LogP contribution is -2.44. The van der Waals surface area contributed by atoms with Gasteiger partial charge in [-0.15, -0.1) is 0 Å². The van der Waals surface area contributed by atoms with Crippen LogP contribution >= 0.6 is 0 Å². The Kier molecular flexibility index (Phi) is 7.69. The molecule has 2 saturated heterocycles. The Labute approximate surface area is 175 Å². The van der Waals surface area contributed by atoms with Crippen molar-refractivity contribution in [2.75, 3.05) is 32.8 Å². The molecule has 2 heterocycles. The normalized spacial score (nSPS) is 21.4. The van der Waals surface area contributed by atoms with E-state index in [0.29, 0.717) is 18.9 Å². The molecule has 3 rings (SSSR count). The molecular weight excluding hydrogens is 367 g/mol. The van der Waals surface area contributed by atoms with E-state index < -0.39 is 0 Å². The van der Waals surface area contributed by atoms with Crippen molar-refractivity contribution in [3.63, 3.8) is 0 Å². The predicted octanol–water partition coefficient (Wildman–Crippen LogP) is 4.48. The lowest BCUT2D eigenvalue weighted by molar-refractivity contribution is -0.135. The Morgan fingerprint density at radius 2 is 1.90 bits per heavy atom. The van der Waals surface area contributed by atoms with Crippen LogP contribution in [0.1, 0.15) is 58.4 Å². The molecule has 0 N–H and O–H groups in total. The summed E-state index contributed by atoms with van der Waals surface area (Å²) in [5, 5.41) is 0. The highest BCUT2D eigenvalue weighted by Gasteiger charge is 2.29. The predicted molar refractivity (Wildman–Crippen MR) is 114 cm³/mol. The van der Waals surface area contributed by atoms with Crippen molar-refractivity contribution in [1.29, 1.82) is 0 Å². The Balaban J connectivity index is 1.52. The van der Waals surface area contributed by atoms with E-state index in [1.807, 2.05) is 12.1 Å². The first-order chi connectivity index (χ1) is 13.8. The van der Waals surface area contributed by atoms with E-state index in [0.717, 1.165) is 64.0 Å². The van der Waals surface area contributed by atoms with Crippen molar-refractivity contribution >= 4 is 5.91 Å². The van der Waals surface area contributed by atoms with Crippen LogP contribution in [0.2, 0.25) is 0 Å². The summed E-state index contributed by atoms with van der Waals surface area (Å²) >= 11 is 0. The first-order valence-electron chi connectivity index (χ1n) is 11.2. The van der Waals surface area contributed by atoms with Crippen molar-refractivity contribution in [2.45, 2.75) is 65.5 Å². The highest BCUT2D eigenvalue weighted by Crippen LogP contribution is 2.25. The minimum atomic E-state index is -0.120. The first kappa shape index (κ1) is 22.2. The topological polar surface area (TPSA) is 32.8 Å². The summed E-state index contributed by atoms with van der Waals surface area (Å²) < 4.78 is 19.7. The van der Waals surface area contributed by atoms with Crippen LogP contribution in [0.4, 0.5) is 4.39 Å². The third-order valence-corrected chi connectivity index (χ3v) is 6.02. The number of benzene rings is 1. The molecule has 0 radical (unpaired) electrons. The van der Waals surface area contributed by atoms with Gasteiger partial charge < -0.3 is 9.64 Å². The molecule has 2 aliphatic rings. The minimum Gasteiger partial charge on any atom is -0.376 e. The molecule has 0 unspecified atom stereocenters. The van der Waals surface area contributed by atoms with Crippen LogP contribution in [-0.4, -0.2) is 54.6 Å². The number of piperidine rings is 1. The van der Waals surface area contributed by atoms with Gasteiger partial charge in [-0.3, -0.25) is 9.69 Å². The maximum atomic E-state index is 13.9. The highest BCUT2D eigenvalue weighted by molar-refractivity contribution is 5.76. The third-order valence-electron chi connectivity index (χ3n) is 6.02. The zero-order valence-electron chi connectivity index (χ0n) is 18.3. The van der Waals surface area contributed by atoms with Crippen molar-refractivity contribution in [2.24, 2.45) is 11.3 Å². The van der Waals surface area contributed by atoms with Crippen molar-refractivity contribution in [3.8, 4) is 0 Å². The number of rotatable bonds is 7. The molecule has 1 aromatic carbocycles. The molecule has 1 atom stereocenters. The molecule has 1 amide bonds. The van der Waals surface area contributed by atoms with Gasteiger partial charge in [0.05, 0.1) is 6.10 Å². The molecule has 0 saturated carbocycles. The molecular formula is C24H37FN2O2. The van der Waals surface area contributed by atoms with Gasteiger partial charge in [0.25, 0.3) is 0 Å². The number of likely N-dealkylation sites (tertiary alicyclic amines) is 1. The molecule has 0 aliphatic carbocycles. The van der Waals surface area contributed by atoms with E-state index >= 15 is 0 Å². The number of halogens is 1. The molecule has 29 heavy (non-hydrogen) atoms. The van der Waals surface area contributed by atoms with E-state index in [9.17, 15) is 9.18 Å². The van der Waals surface area contributed by atoms with Crippen LogP contribution in [0.3, 0.4) is 0 Å². The fourth-order valence-corrected chi connectivity index (χ4v) is 4.38. The SMILES string of the molecule is CC(C)(C)CC(=O)N(CC1CCN(Cc2ccccc2F)CC1)C[C@@H]1CCCO1. The summed E-state index contributed by atoms with van der Waals surface area (Å²) in [5.74, 6) is 0.643. The van der Waals surface area contributed by atoms with Crippen LogP contribution in [0.25, 0.3) is 0 Å². The van der Waals surface area contributed by atoms with Gasteiger partial charge in [-0.05, 0) is 56.2 Å². The van der Waals surface area contributed by atoms with Gasteiger partial charge in [-0.2, -0.15) is 0 Å². The second-order valence-electron chi connectivity index (χ2n) is 9.98. The van der Waals surface area contributed by atoms with E-state index in [2.05, 4.69) is 30.6 Å². The van der Waals surface area contributed by atoms with Crippen LogP contribution in [0, 0.1) is 17.2 Å². The quantitative estimate of drug-likeness (QED) is 0.672. The minimum absolute atomic E-state index is 0.00497. The average Bonchev–Trinajstić information content (AvgIpc) is 3.16. The summed E-state index contributed by atoms with van der Waals surface area (Å²) in [7, 11) is 0. The van der Waals surface area contributed by atoms with Crippen LogP contribution < -0.4 is 0 Å². The molecule has 162 valence electrons. The zero-order chi connectivity index (χ0) is 20.9. The molecule has 0 aromatic heterocycles. The number of nitrogens with zero attached hydrogens (tertiary/aromatic N) is 2. The van der Waals surface area contributed by atoms with Crippen molar-refractivity contribution < 1.29 is 13.9 Å². The Morgan fingerprint density at radius 3 is 2.52 bits per heavy atom. The average molecular weight is 405 g/mol. The summed E-state index contributed by atoms with van der Waals surface area (Å²) in [6, 6.07) is 7.04. The molecule has 2 fully saturated rings. The summed E-state index contributed by atoms with van der Waals surface area (Å²) in [6.45, 7) is 11.3. The number of carbonyl (C=O) groups excluding carboxylic acids is 1. The van der Waals surface area contributed by atoms with Gasteiger partial charge in [0.15, 0.2) is 0 Å². The van der Waals surface area contributed by atoms with Gasteiger partial charge >= 0.3 is 0 Å².